The summed E-state index contributed by atoms with van der Waals surface area (Å²) >= 11 is 5.87. The predicted octanol–water partition coefficient (Wildman–Crippen LogP) is 2.42. The van der Waals surface area contributed by atoms with Crippen LogP contribution in [0.2, 0.25) is 0 Å². The van der Waals surface area contributed by atoms with Gasteiger partial charge in [-0.2, -0.15) is 4.99 Å². The maximum atomic E-state index is 12.2. The fraction of sp³-hybridized carbons (Fsp3) is 0.250. The van der Waals surface area contributed by atoms with Crippen molar-refractivity contribution in [2.24, 2.45) is 4.99 Å². The van der Waals surface area contributed by atoms with Gasteiger partial charge in [-0.15, -0.1) is 11.3 Å². The number of nitrogens with one attached hydrogen (secondary N) is 1. The number of anilines is 1. The van der Waals surface area contributed by atoms with Crippen molar-refractivity contribution < 1.29 is 18.0 Å². The molecule has 0 aliphatic heterocycles. The molecule has 0 saturated heterocycles. The summed E-state index contributed by atoms with van der Waals surface area (Å²) in [7, 11) is -3.95. The van der Waals surface area contributed by atoms with Crippen molar-refractivity contribution in [2.75, 3.05) is 16.8 Å². The number of carbonyl (C=O) groups excluding carboxylic acids is 2. The highest BCUT2D eigenvalue weighted by Gasteiger charge is 2.21. The standard InChI is InChI=1S/C16H15BrN4O4S3/c1-2-21-11-4-3-10(17)7-12(11)27-16(21)20-14(23)9-28(24,25)8-13(22)19-15-18-5-6-26-15/h3-7H,2,8-9H2,1H3,(H,18,19,22). The molecule has 1 N–H and O–H groups in total. The maximum Gasteiger partial charge on any atom is 0.263 e. The van der Waals surface area contributed by atoms with Gasteiger partial charge < -0.3 is 9.88 Å². The topological polar surface area (TPSA) is 110 Å². The number of sulfone groups is 1. The third kappa shape index (κ3) is 5.13. The highest BCUT2D eigenvalue weighted by molar-refractivity contribution is 9.10. The van der Waals surface area contributed by atoms with Gasteiger partial charge in [-0.3, -0.25) is 9.59 Å². The number of hydrogen-bond acceptors (Lipinski definition) is 7. The lowest BCUT2D eigenvalue weighted by atomic mass is 10.3. The number of thiazole rings is 2. The van der Waals surface area contributed by atoms with E-state index in [9.17, 15) is 18.0 Å². The van der Waals surface area contributed by atoms with Gasteiger partial charge in [-0.25, -0.2) is 13.4 Å². The smallest absolute Gasteiger partial charge is 0.263 e. The Hall–Kier alpha value is -1.89. The van der Waals surface area contributed by atoms with Gasteiger partial charge in [-0.1, -0.05) is 27.3 Å². The van der Waals surface area contributed by atoms with Crippen molar-refractivity contribution in [3.05, 3.63) is 39.1 Å². The Kier molecular flexibility index (Phi) is 6.43. The Balaban J connectivity index is 1.77. The normalized spacial score (nSPS) is 12.4. The molecule has 0 saturated carbocycles. The lowest BCUT2D eigenvalue weighted by Crippen LogP contribution is -2.28. The first kappa shape index (κ1) is 20.8. The molecule has 0 radical (unpaired) electrons. The number of amides is 2. The Labute approximate surface area is 177 Å². The van der Waals surface area contributed by atoms with Crippen molar-refractivity contribution in [2.45, 2.75) is 13.5 Å². The summed E-state index contributed by atoms with van der Waals surface area (Å²) in [6, 6.07) is 5.70. The van der Waals surface area contributed by atoms with Gasteiger partial charge in [-0.05, 0) is 25.1 Å². The van der Waals surface area contributed by atoms with Crippen LogP contribution in [0.25, 0.3) is 10.2 Å². The van der Waals surface area contributed by atoms with Gasteiger partial charge in [0.25, 0.3) is 5.91 Å². The van der Waals surface area contributed by atoms with Crippen LogP contribution in [-0.4, -0.2) is 41.3 Å². The van der Waals surface area contributed by atoms with Crippen LogP contribution in [0.4, 0.5) is 5.13 Å². The van der Waals surface area contributed by atoms with E-state index in [2.05, 4.69) is 31.2 Å². The minimum absolute atomic E-state index is 0.302. The molecule has 148 valence electrons. The molecule has 0 bridgehead atoms. The molecular weight excluding hydrogens is 488 g/mol. The first-order valence-corrected chi connectivity index (χ1v) is 12.3. The average Bonchev–Trinajstić information content (AvgIpc) is 3.19. The van der Waals surface area contributed by atoms with Gasteiger partial charge in [0, 0.05) is 22.6 Å². The van der Waals surface area contributed by atoms with E-state index in [1.165, 1.54) is 28.9 Å². The molecule has 0 aliphatic carbocycles. The van der Waals surface area contributed by atoms with E-state index >= 15 is 0 Å². The lowest BCUT2D eigenvalue weighted by Gasteiger charge is -2.02. The van der Waals surface area contributed by atoms with E-state index in [1.807, 2.05) is 29.7 Å². The van der Waals surface area contributed by atoms with Crippen LogP contribution in [-0.2, 0) is 26.0 Å². The molecule has 0 atom stereocenters. The number of carbonyl (C=O) groups is 2. The van der Waals surface area contributed by atoms with E-state index in [-0.39, 0.29) is 0 Å². The summed E-state index contributed by atoms with van der Waals surface area (Å²) in [5, 5.41) is 4.34. The molecule has 1 aromatic carbocycles. The molecule has 8 nitrogen and oxygen atoms in total. The summed E-state index contributed by atoms with van der Waals surface area (Å²) in [4.78, 5) is 32.3. The second-order valence-electron chi connectivity index (χ2n) is 5.66. The van der Waals surface area contributed by atoms with Crippen molar-refractivity contribution in [3.63, 3.8) is 0 Å². The molecule has 2 aromatic heterocycles. The summed E-state index contributed by atoms with van der Waals surface area (Å²) in [6.07, 6.45) is 1.49. The summed E-state index contributed by atoms with van der Waals surface area (Å²) in [5.41, 5.74) is 0.910. The van der Waals surface area contributed by atoms with Gasteiger partial charge >= 0.3 is 0 Å². The molecule has 12 heteroatoms. The van der Waals surface area contributed by atoms with Gasteiger partial charge in [0.15, 0.2) is 19.8 Å². The number of aryl methyl sites for hydroxylation is 1. The summed E-state index contributed by atoms with van der Waals surface area (Å²) in [5.74, 6) is -3.19. The first-order chi connectivity index (χ1) is 13.3. The quantitative estimate of drug-likeness (QED) is 0.556. The van der Waals surface area contributed by atoms with Crippen molar-refractivity contribution in [1.29, 1.82) is 0 Å². The highest BCUT2D eigenvalue weighted by atomic mass is 79.9. The molecular formula is C16H15BrN4O4S3. The molecule has 0 spiro atoms. The van der Waals surface area contributed by atoms with Gasteiger partial charge in [0.2, 0.25) is 5.91 Å². The van der Waals surface area contributed by atoms with E-state index < -0.39 is 33.2 Å². The number of rotatable bonds is 6. The molecule has 0 unspecified atom stereocenters. The SMILES string of the molecule is CCn1c(=NC(=O)CS(=O)(=O)CC(=O)Nc2nccs2)sc2cc(Br)ccc21. The van der Waals surface area contributed by atoms with Crippen molar-refractivity contribution in [1.82, 2.24) is 9.55 Å². The average molecular weight is 503 g/mol. The van der Waals surface area contributed by atoms with Crippen LogP contribution in [0.5, 0.6) is 0 Å². The van der Waals surface area contributed by atoms with Crippen LogP contribution >= 0.6 is 38.6 Å². The molecule has 2 heterocycles. The van der Waals surface area contributed by atoms with E-state index in [0.717, 1.165) is 14.7 Å². The molecule has 3 aromatic rings. The van der Waals surface area contributed by atoms with Crippen LogP contribution in [0, 0.1) is 0 Å². The van der Waals surface area contributed by atoms with E-state index in [1.54, 1.807) is 5.38 Å². The summed E-state index contributed by atoms with van der Waals surface area (Å²) < 4.78 is 28.0. The second-order valence-corrected chi connectivity index (χ2v) is 10.5. The molecule has 0 aliphatic rings. The number of nitrogens with zero attached hydrogens (tertiary/aromatic N) is 3. The third-order valence-electron chi connectivity index (χ3n) is 3.55. The van der Waals surface area contributed by atoms with E-state index in [4.69, 9.17) is 0 Å². The molecule has 28 heavy (non-hydrogen) atoms. The number of hydrogen-bond donors (Lipinski definition) is 1. The summed E-state index contributed by atoms with van der Waals surface area (Å²) in [6.45, 7) is 2.49. The Bertz CT molecular complexity index is 1200. The number of aromatic nitrogens is 2. The fourth-order valence-electron chi connectivity index (χ4n) is 2.46. The minimum Gasteiger partial charge on any atom is -0.317 e. The van der Waals surface area contributed by atoms with Crippen LogP contribution in [0.3, 0.4) is 0 Å². The predicted molar refractivity (Wildman–Crippen MR) is 113 cm³/mol. The van der Waals surface area contributed by atoms with Crippen molar-refractivity contribution in [3.8, 4) is 0 Å². The lowest BCUT2D eigenvalue weighted by molar-refractivity contribution is -0.115. The van der Waals surface area contributed by atoms with E-state index in [0.29, 0.717) is 16.5 Å². The largest absolute Gasteiger partial charge is 0.317 e. The number of benzene rings is 1. The molecule has 2 amide bonds. The first-order valence-electron chi connectivity index (χ1n) is 8.03. The zero-order valence-electron chi connectivity index (χ0n) is 14.6. The Morgan fingerprint density at radius 2 is 2.11 bits per heavy atom. The highest BCUT2D eigenvalue weighted by Crippen LogP contribution is 2.22. The molecule has 3 rings (SSSR count). The maximum absolute atomic E-state index is 12.2. The number of fused-ring (bicyclic) bond motifs is 1. The zero-order chi connectivity index (χ0) is 20.3. The minimum atomic E-state index is -3.95. The van der Waals surface area contributed by atoms with Crippen LogP contribution < -0.4 is 10.1 Å². The van der Waals surface area contributed by atoms with Gasteiger partial charge in [0.1, 0.15) is 11.5 Å². The van der Waals surface area contributed by atoms with Crippen LogP contribution in [0.15, 0.2) is 39.2 Å². The Morgan fingerprint density at radius 3 is 2.79 bits per heavy atom. The van der Waals surface area contributed by atoms with Crippen LogP contribution in [0.1, 0.15) is 6.92 Å². The Morgan fingerprint density at radius 1 is 1.32 bits per heavy atom. The zero-order valence-corrected chi connectivity index (χ0v) is 18.6. The third-order valence-corrected chi connectivity index (χ3v) is 7.17. The van der Waals surface area contributed by atoms with Crippen molar-refractivity contribution >= 4 is 75.6 Å². The van der Waals surface area contributed by atoms with Gasteiger partial charge in [0.05, 0.1) is 10.2 Å². The monoisotopic (exact) mass is 502 g/mol. The number of halogens is 1. The fourth-order valence-corrected chi connectivity index (χ4v) is 5.68. The second kappa shape index (κ2) is 8.64. The molecule has 0 fully saturated rings.